The topological polar surface area (TPSA) is 59.6 Å². The van der Waals surface area contributed by atoms with E-state index in [1.807, 2.05) is 12.1 Å². The van der Waals surface area contributed by atoms with E-state index in [0.29, 0.717) is 5.96 Å². The van der Waals surface area contributed by atoms with Crippen LogP contribution in [0.2, 0.25) is 0 Å². The summed E-state index contributed by atoms with van der Waals surface area (Å²) in [5, 5.41) is 3.16. The van der Waals surface area contributed by atoms with Crippen LogP contribution in [0.4, 0.5) is 0 Å². The average Bonchev–Trinajstić information content (AvgIpc) is 2.43. The van der Waals surface area contributed by atoms with Crippen LogP contribution in [0.1, 0.15) is 37.7 Å². The van der Waals surface area contributed by atoms with Crippen LogP contribution in [0.25, 0.3) is 0 Å². The number of nitrogens with zero attached hydrogens (tertiary/aromatic N) is 1. The van der Waals surface area contributed by atoms with Crippen molar-refractivity contribution in [2.24, 2.45) is 16.6 Å². The Morgan fingerprint density at radius 1 is 1.27 bits per heavy atom. The summed E-state index contributed by atoms with van der Waals surface area (Å²) in [5.41, 5.74) is 7.08. The highest BCUT2D eigenvalue weighted by Crippen LogP contribution is 2.26. The van der Waals surface area contributed by atoms with E-state index in [2.05, 4.69) is 29.4 Å². The summed E-state index contributed by atoms with van der Waals surface area (Å²) in [7, 11) is 0. The summed E-state index contributed by atoms with van der Waals surface area (Å²) < 4.78 is 5.68. The first-order chi connectivity index (χ1) is 10.2. The van der Waals surface area contributed by atoms with Crippen molar-refractivity contribution in [3.05, 3.63) is 29.8 Å². The average molecular weight is 417 g/mol. The van der Waals surface area contributed by atoms with Crippen molar-refractivity contribution in [1.29, 1.82) is 0 Å². The lowest BCUT2D eigenvalue weighted by molar-refractivity contribution is 0.307. The molecule has 1 aliphatic rings. The fourth-order valence-corrected chi connectivity index (χ4v) is 2.23. The van der Waals surface area contributed by atoms with E-state index in [4.69, 9.17) is 10.5 Å². The van der Waals surface area contributed by atoms with Gasteiger partial charge in [0.2, 0.25) is 0 Å². The van der Waals surface area contributed by atoms with Crippen molar-refractivity contribution in [2.75, 3.05) is 19.7 Å². The predicted molar refractivity (Wildman–Crippen MR) is 103 cm³/mol. The fraction of sp³-hybridized carbons (Fsp3) is 0.588. The molecule has 0 amide bonds. The summed E-state index contributed by atoms with van der Waals surface area (Å²) in [6, 6.07) is 8.16. The molecule has 1 aliphatic carbocycles. The summed E-state index contributed by atoms with van der Waals surface area (Å²) in [5.74, 6) is 2.30. The highest BCUT2D eigenvalue weighted by Gasteiger charge is 2.16. The first kappa shape index (κ1) is 19.1. The third kappa shape index (κ3) is 7.33. The maximum atomic E-state index is 5.83. The fourth-order valence-electron chi connectivity index (χ4n) is 2.23. The molecule has 0 aliphatic heterocycles. The van der Waals surface area contributed by atoms with Gasteiger partial charge in [-0.2, -0.15) is 0 Å². The van der Waals surface area contributed by atoms with Crippen LogP contribution in [-0.2, 0) is 0 Å². The summed E-state index contributed by atoms with van der Waals surface area (Å²) >= 11 is 0. The number of halogens is 1. The number of aryl methyl sites for hydroxylation is 1. The van der Waals surface area contributed by atoms with Crippen LogP contribution in [0.15, 0.2) is 29.3 Å². The number of rotatable bonds is 8. The summed E-state index contributed by atoms with van der Waals surface area (Å²) in [4.78, 5) is 4.37. The Kier molecular flexibility index (Phi) is 9.27. The van der Waals surface area contributed by atoms with E-state index < -0.39 is 0 Å². The second-order valence-corrected chi connectivity index (χ2v) is 5.82. The molecule has 124 valence electrons. The number of hydrogen-bond donors (Lipinski definition) is 2. The van der Waals surface area contributed by atoms with Gasteiger partial charge in [-0.25, -0.2) is 0 Å². The zero-order valence-corrected chi connectivity index (χ0v) is 15.7. The summed E-state index contributed by atoms with van der Waals surface area (Å²) in [6.07, 6.45) is 6.02. The molecule has 0 bridgehead atoms. The Balaban J connectivity index is 0.00000242. The van der Waals surface area contributed by atoms with Gasteiger partial charge in [0, 0.05) is 13.1 Å². The molecule has 0 aromatic heterocycles. The smallest absolute Gasteiger partial charge is 0.188 e. The quantitative estimate of drug-likeness (QED) is 0.295. The minimum absolute atomic E-state index is 0. The van der Waals surface area contributed by atoms with Crippen molar-refractivity contribution >= 4 is 29.9 Å². The third-order valence-corrected chi connectivity index (χ3v) is 3.91. The first-order valence-corrected chi connectivity index (χ1v) is 7.97. The minimum Gasteiger partial charge on any atom is -0.494 e. The van der Waals surface area contributed by atoms with E-state index in [1.54, 1.807) is 0 Å². The van der Waals surface area contributed by atoms with Gasteiger partial charge in [0.1, 0.15) is 5.75 Å². The van der Waals surface area contributed by atoms with Crippen LogP contribution >= 0.6 is 24.0 Å². The van der Waals surface area contributed by atoms with Gasteiger partial charge in [-0.05, 0) is 50.7 Å². The molecule has 1 aromatic carbocycles. The first-order valence-electron chi connectivity index (χ1n) is 7.97. The Hall–Kier alpha value is -0.980. The number of ether oxygens (including phenoxy) is 1. The molecule has 4 nitrogen and oxygen atoms in total. The highest BCUT2D eigenvalue weighted by atomic mass is 127. The molecular formula is C17H28IN3O. The lowest BCUT2D eigenvalue weighted by Gasteiger charge is -2.23. The normalized spacial score (nSPS) is 14.9. The van der Waals surface area contributed by atoms with Gasteiger partial charge in [-0.15, -0.1) is 24.0 Å². The molecule has 22 heavy (non-hydrogen) atoms. The van der Waals surface area contributed by atoms with Gasteiger partial charge in [-0.1, -0.05) is 24.1 Å². The lowest BCUT2D eigenvalue weighted by atomic mass is 9.86. The summed E-state index contributed by atoms with van der Waals surface area (Å²) in [6.45, 7) is 4.56. The monoisotopic (exact) mass is 417 g/mol. The van der Waals surface area contributed by atoms with Crippen LogP contribution in [-0.4, -0.2) is 25.7 Å². The molecule has 1 aromatic rings. The number of unbranched alkanes of at least 4 members (excludes halogenated alkanes) is 1. The molecule has 0 unspecified atom stereocenters. The standard InChI is InChI=1S/C17H27N3O.HI/c1-14-7-9-16(10-8-14)21-12-3-2-11-19-17(18)20-13-15-5-4-6-15;/h7-10,15H,2-6,11-13H2,1H3,(H3,18,19,20);1H. The number of hydrogen-bond acceptors (Lipinski definition) is 2. The highest BCUT2D eigenvalue weighted by molar-refractivity contribution is 14.0. The maximum Gasteiger partial charge on any atom is 0.188 e. The third-order valence-electron chi connectivity index (χ3n) is 3.91. The molecule has 0 atom stereocenters. The number of guanidine groups is 1. The second kappa shape index (κ2) is 10.7. The second-order valence-electron chi connectivity index (χ2n) is 5.82. The minimum atomic E-state index is 0. The molecule has 1 saturated carbocycles. The van der Waals surface area contributed by atoms with Gasteiger partial charge >= 0.3 is 0 Å². The van der Waals surface area contributed by atoms with Gasteiger partial charge in [0.15, 0.2) is 5.96 Å². The molecular weight excluding hydrogens is 389 g/mol. The molecule has 0 heterocycles. The lowest BCUT2D eigenvalue weighted by Crippen LogP contribution is -2.33. The molecule has 3 N–H and O–H groups in total. The Morgan fingerprint density at radius 3 is 2.64 bits per heavy atom. The number of benzene rings is 1. The van der Waals surface area contributed by atoms with E-state index >= 15 is 0 Å². The van der Waals surface area contributed by atoms with Crippen molar-refractivity contribution < 1.29 is 4.74 Å². The largest absolute Gasteiger partial charge is 0.494 e. The maximum absolute atomic E-state index is 5.83. The molecule has 5 heteroatoms. The number of aliphatic imine (C=N–C) groups is 1. The number of nitrogens with two attached hydrogens (primary N) is 1. The van der Waals surface area contributed by atoms with Crippen molar-refractivity contribution in [3.63, 3.8) is 0 Å². The van der Waals surface area contributed by atoms with Gasteiger partial charge in [0.05, 0.1) is 6.61 Å². The zero-order valence-electron chi connectivity index (χ0n) is 13.4. The van der Waals surface area contributed by atoms with Crippen LogP contribution in [0, 0.1) is 12.8 Å². The van der Waals surface area contributed by atoms with E-state index in [9.17, 15) is 0 Å². The van der Waals surface area contributed by atoms with Gasteiger partial charge < -0.3 is 15.8 Å². The van der Waals surface area contributed by atoms with Crippen molar-refractivity contribution in [1.82, 2.24) is 5.32 Å². The van der Waals surface area contributed by atoms with Crippen LogP contribution in [0.5, 0.6) is 5.75 Å². The Morgan fingerprint density at radius 2 is 2.00 bits per heavy atom. The van der Waals surface area contributed by atoms with Crippen LogP contribution < -0.4 is 15.8 Å². The van der Waals surface area contributed by atoms with E-state index in [1.165, 1.54) is 24.8 Å². The van der Waals surface area contributed by atoms with Gasteiger partial charge in [-0.3, -0.25) is 4.99 Å². The van der Waals surface area contributed by atoms with E-state index in [-0.39, 0.29) is 24.0 Å². The van der Waals surface area contributed by atoms with Gasteiger partial charge in [0.25, 0.3) is 0 Å². The van der Waals surface area contributed by atoms with Crippen molar-refractivity contribution in [3.8, 4) is 5.75 Å². The molecule has 0 spiro atoms. The Labute approximate surface area is 150 Å². The SMILES string of the molecule is Cc1ccc(OCCCCNC(N)=NCC2CCC2)cc1.I. The molecule has 1 fully saturated rings. The molecule has 0 saturated heterocycles. The zero-order chi connectivity index (χ0) is 14.9. The van der Waals surface area contributed by atoms with Crippen LogP contribution in [0.3, 0.4) is 0 Å². The van der Waals surface area contributed by atoms with Crippen molar-refractivity contribution in [2.45, 2.75) is 39.0 Å². The van der Waals surface area contributed by atoms with E-state index in [0.717, 1.165) is 44.2 Å². The Bertz CT molecular complexity index is 444. The molecule has 2 rings (SSSR count). The number of nitrogens with one attached hydrogen (secondary N) is 1. The molecule has 0 radical (unpaired) electrons. The predicted octanol–water partition coefficient (Wildman–Crippen LogP) is 3.48.